The fourth-order valence-corrected chi connectivity index (χ4v) is 1.26. The van der Waals surface area contributed by atoms with Crippen LogP contribution >= 0.6 is 0 Å². The minimum absolute atomic E-state index is 0.296. The predicted molar refractivity (Wildman–Crippen MR) is 73.1 cm³/mol. The van der Waals surface area contributed by atoms with Gasteiger partial charge in [-0.15, -0.1) is 0 Å². The second-order valence-corrected chi connectivity index (χ2v) is 5.05. The molecule has 0 amide bonds. The molecule has 0 aromatic carbocycles. The van der Waals surface area contributed by atoms with Crippen molar-refractivity contribution in [2.24, 2.45) is 11.8 Å². The first-order valence-corrected chi connectivity index (χ1v) is 6.09. The van der Waals surface area contributed by atoms with E-state index in [0.717, 1.165) is 24.7 Å². The van der Waals surface area contributed by atoms with E-state index in [0.29, 0.717) is 17.8 Å². The van der Waals surface area contributed by atoms with Gasteiger partial charge in [0.2, 0.25) is 5.95 Å². The summed E-state index contributed by atoms with van der Waals surface area (Å²) in [5.74, 6) is 2.98. The third kappa shape index (κ3) is 5.38. The molecule has 1 aromatic heterocycles. The molecular formula is C12H23N5. The summed E-state index contributed by atoms with van der Waals surface area (Å²) in [6.45, 7) is 10.3. The van der Waals surface area contributed by atoms with E-state index in [9.17, 15) is 0 Å². The van der Waals surface area contributed by atoms with Crippen molar-refractivity contribution < 1.29 is 0 Å². The van der Waals surface area contributed by atoms with Crippen molar-refractivity contribution in [2.75, 3.05) is 29.5 Å². The van der Waals surface area contributed by atoms with Crippen LogP contribution in [0.4, 0.5) is 17.6 Å². The predicted octanol–water partition coefficient (Wildman–Crippen LogP) is 2.19. The zero-order valence-corrected chi connectivity index (χ0v) is 11.1. The molecule has 0 aliphatic heterocycles. The van der Waals surface area contributed by atoms with Crippen LogP contribution in [0.3, 0.4) is 0 Å². The fourth-order valence-electron chi connectivity index (χ4n) is 1.26. The smallest absolute Gasteiger partial charge is 0.223 e. The Labute approximate surface area is 103 Å². The number of nitrogens with zero attached hydrogens (tertiary/aromatic N) is 2. The summed E-state index contributed by atoms with van der Waals surface area (Å²) >= 11 is 0. The molecule has 0 bridgehead atoms. The van der Waals surface area contributed by atoms with Gasteiger partial charge in [0.05, 0.1) is 0 Å². The molecule has 0 atom stereocenters. The van der Waals surface area contributed by atoms with Crippen LogP contribution in [-0.4, -0.2) is 23.1 Å². The van der Waals surface area contributed by atoms with Crippen LogP contribution in [0, 0.1) is 11.8 Å². The van der Waals surface area contributed by atoms with E-state index in [-0.39, 0.29) is 0 Å². The van der Waals surface area contributed by atoms with Crippen molar-refractivity contribution in [3.63, 3.8) is 0 Å². The zero-order chi connectivity index (χ0) is 12.8. The minimum Gasteiger partial charge on any atom is -0.370 e. The lowest BCUT2D eigenvalue weighted by Gasteiger charge is -2.12. The van der Waals surface area contributed by atoms with Crippen LogP contribution in [0.15, 0.2) is 6.07 Å². The first kappa shape index (κ1) is 13.5. The maximum atomic E-state index is 5.67. The molecule has 0 fully saturated rings. The molecule has 0 spiro atoms. The van der Waals surface area contributed by atoms with Crippen molar-refractivity contribution in [2.45, 2.75) is 27.7 Å². The van der Waals surface area contributed by atoms with Crippen molar-refractivity contribution in [3.05, 3.63) is 6.07 Å². The normalized spacial score (nSPS) is 10.9. The Morgan fingerprint density at radius 1 is 1.00 bits per heavy atom. The summed E-state index contributed by atoms with van der Waals surface area (Å²) in [6.07, 6.45) is 0. The Morgan fingerprint density at radius 3 is 1.76 bits per heavy atom. The molecule has 17 heavy (non-hydrogen) atoms. The molecule has 0 unspecified atom stereocenters. The van der Waals surface area contributed by atoms with Gasteiger partial charge in [-0.2, -0.15) is 9.97 Å². The number of aromatic nitrogens is 2. The summed E-state index contributed by atoms with van der Waals surface area (Å²) in [6, 6.07) is 1.89. The van der Waals surface area contributed by atoms with Gasteiger partial charge >= 0.3 is 0 Å². The maximum absolute atomic E-state index is 5.67. The molecule has 4 N–H and O–H groups in total. The third-order valence-electron chi connectivity index (χ3n) is 2.13. The molecular weight excluding hydrogens is 214 g/mol. The number of hydrogen-bond donors (Lipinski definition) is 3. The van der Waals surface area contributed by atoms with Gasteiger partial charge in [0.25, 0.3) is 0 Å². The van der Waals surface area contributed by atoms with Gasteiger partial charge in [-0.3, -0.25) is 0 Å². The molecule has 0 aliphatic carbocycles. The lowest BCUT2D eigenvalue weighted by atomic mass is 10.2. The quantitative estimate of drug-likeness (QED) is 0.707. The second kappa shape index (κ2) is 6.27. The number of rotatable bonds is 6. The van der Waals surface area contributed by atoms with E-state index < -0.39 is 0 Å². The van der Waals surface area contributed by atoms with Crippen molar-refractivity contribution in [1.82, 2.24) is 9.97 Å². The molecule has 0 radical (unpaired) electrons. The van der Waals surface area contributed by atoms with E-state index >= 15 is 0 Å². The van der Waals surface area contributed by atoms with Crippen LogP contribution in [0.25, 0.3) is 0 Å². The molecule has 0 saturated carbocycles. The Kier molecular flexibility index (Phi) is 5.00. The van der Waals surface area contributed by atoms with E-state index in [1.165, 1.54) is 0 Å². The van der Waals surface area contributed by atoms with Gasteiger partial charge < -0.3 is 16.4 Å². The van der Waals surface area contributed by atoms with Crippen molar-refractivity contribution >= 4 is 17.6 Å². The van der Waals surface area contributed by atoms with Gasteiger partial charge in [-0.05, 0) is 11.8 Å². The molecule has 0 aliphatic rings. The van der Waals surface area contributed by atoms with Crippen LogP contribution in [0.1, 0.15) is 27.7 Å². The van der Waals surface area contributed by atoms with Crippen LogP contribution < -0.4 is 16.4 Å². The fraction of sp³-hybridized carbons (Fsp3) is 0.667. The van der Waals surface area contributed by atoms with Crippen LogP contribution in [0.2, 0.25) is 0 Å². The van der Waals surface area contributed by atoms with Crippen LogP contribution in [0.5, 0.6) is 0 Å². The molecule has 1 heterocycles. The highest BCUT2D eigenvalue weighted by molar-refractivity contribution is 5.50. The van der Waals surface area contributed by atoms with Gasteiger partial charge in [0.1, 0.15) is 11.6 Å². The number of hydrogen-bond acceptors (Lipinski definition) is 5. The topological polar surface area (TPSA) is 75.9 Å². The molecule has 1 rings (SSSR count). The SMILES string of the molecule is CC(C)CNc1cc(NCC(C)C)nc(N)n1. The summed E-state index contributed by atoms with van der Waals surface area (Å²) < 4.78 is 0. The number of anilines is 3. The van der Waals surface area contributed by atoms with E-state index in [1.807, 2.05) is 6.07 Å². The third-order valence-corrected chi connectivity index (χ3v) is 2.13. The number of nitrogens with two attached hydrogens (primary N) is 1. The number of nitrogens with one attached hydrogen (secondary N) is 2. The van der Waals surface area contributed by atoms with Gasteiger partial charge in [0, 0.05) is 19.2 Å². The highest BCUT2D eigenvalue weighted by Gasteiger charge is 2.03. The highest BCUT2D eigenvalue weighted by Crippen LogP contribution is 2.13. The van der Waals surface area contributed by atoms with Gasteiger partial charge in [0.15, 0.2) is 0 Å². The highest BCUT2D eigenvalue weighted by atomic mass is 15.1. The molecule has 0 saturated heterocycles. The second-order valence-electron chi connectivity index (χ2n) is 5.05. The van der Waals surface area contributed by atoms with Crippen molar-refractivity contribution in [1.29, 1.82) is 0 Å². The van der Waals surface area contributed by atoms with E-state index in [1.54, 1.807) is 0 Å². The average molecular weight is 237 g/mol. The first-order valence-electron chi connectivity index (χ1n) is 6.09. The lowest BCUT2D eigenvalue weighted by Crippen LogP contribution is -2.13. The maximum Gasteiger partial charge on any atom is 0.223 e. The van der Waals surface area contributed by atoms with Gasteiger partial charge in [-0.25, -0.2) is 0 Å². The molecule has 1 aromatic rings. The average Bonchev–Trinajstić information content (AvgIpc) is 2.23. The Morgan fingerprint density at radius 2 is 1.41 bits per heavy atom. The van der Waals surface area contributed by atoms with E-state index in [2.05, 4.69) is 48.3 Å². The largest absolute Gasteiger partial charge is 0.370 e. The molecule has 96 valence electrons. The molecule has 5 heteroatoms. The lowest BCUT2D eigenvalue weighted by molar-refractivity contribution is 0.684. The Balaban J connectivity index is 2.65. The summed E-state index contributed by atoms with van der Waals surface area (Å²) in [5.41, 5.74) is 5.67. The Bertz CT molecular complexity index is 318. The first-order chi connectivity index (χ1) is 7.97. The summed E-state index contributed by atoms with van der Waals surface area (Å²) in [5, 5.41) is 6.48. The Hall–Kier alpha value is -1.52. The van der Waals surface area contributed by atoms with Crippen molar-refractivity contribution in [3.8, 4) is 0 Å². The zero-order valence-electron chi connectivity index (χ0n) is 11.1. The monoisotopic (exact) mass is 237 g/mol. The van der Waals surface area contributed by atoms with Gasteiger partial charge in [-0.1, -0.05) is 27.7 Å². The van der Waals surface area contributed by atoms with Crippen LogP contribution in [-0.2, 0) is 0 Å². The minimum atomic E-state index is 0.296. The van der Waals surface area contributed by atoms with E-state index in [4.69, 9.17) is 5.73 Å². The summed E-state index contributed by atoms with van der Waals surface area (Å²) in [4.78, 5) is 8.30. The number of nitrogen functional groups attached to an aromatic ring is 1. The summed E-state index contributed by atoms with van der Waals surface area (Å²) in [7, 11) is 0. The molecule has 5 nitrogen and oxygen atoms in total. The standard InChI is InChI=1S/C12H23N5/c1-8(2)6-14-10-5-11(15-7-9(3)4)17-12(13)16-10/h5,8-9H,6-7H2,1-4H3,(H4,13,14,15,16,17).